The van der Waals surface area contributed by atoms with Crippen LogP contribution in [0.25, 0.3) is 21.9 Å². The third kappa shape index (κ3) is 4.43. The van der Waals surface area contributed by atoms with Crippen LogP contribution < -0.4 is 9.47 Å². The quantitative estimate of drug-likeness (QED) is 0.186. The lowest BCUT2D eigenvalue weighted by Gasteiger charge is -2.13. The average Bonchev–Trinajstić information content (AvgIpc) is 3.03. The van der Waals surface area contributed by atoms with Gasteiger partial charge in [-0.3, -0.25) is 0 Å². The van der Waals surface area contributed by atoms with Crippen LogP contribution in [0.4, 0.5) is 26.3 Å². The summed E-state index contributed by atoms with van der Waals surface area (Å²) in [7, 11) is 0. The average molecular weight is 472 g/mol. The van der Waals surface area contributed by atoms with Gasteiger partial charge in [0.25, 0.3) is 0 Å². The summed E-state index contributed by atoms with van der Waals surface area (Å²) < 4.78 is 97.6. The van der Waals surface area contributed by atoms with Crippen LogP contribution in [0.5, 0.6) is 11.5 Å². The van der Waals surface area contributed by atoms with Gasteiger partial charge in [0, 0.05) is 21.9 Å². The molecule has 0 unspecified atom stereocenters. The van der Waals surface area contributed by atoms with E-state index in [-0.39, 0.29) is 21.9 Å². The third-order valence-electron chi connectivity index (χ3n) is 4.40. The summed E-state index contributed by atoms with van der Waals surface area (Å²) in [6.45, 7) is 8.96. The summed E-state index contributed by atoms with van der Waals surface area (Å²) in [6, 6.07) is 3.64. The van der Waals surface area contributed by atoms with E-state index in [0.717, 1.165) is 24.3 Å². The fourth-order valence-electron chi connectivity index (χ4n) is 2.95. The zero-order valence-corrected chi connectivity index (χ0v) is 17.0. The summed E-state index contributed by atoms with van der Waals surface area (Å²) in [4.78, 5) is 23.5. The smallest absolute Gasteiger partial charge is 0.423 e. The molecule has 0 fully saturated rings. The second-order valence-electron chi connectivity index (χ2n) is 7.07. The minimum absolute atomic E-state index is 0.198. The largest absolute Gasteiger partial charge is 0.454 e. The molecule has 0 saturated heterocycles. The highest BCUT2D eigenvalue weighted by molar-refractivity contribution is 6.08. The zero-order valence-electron chi connectivity index (χ0n) is 17.0. The molecule has 5 nitrogen and oxygen atoms in total. The van der Waals surface area contributed by atoms with E-state index in [2.05, 4.69) is 13.2 Å². The molecule has 174 valence electrons. The number of halogens is 6. The van der Waals surface area contributed by atoms with Crippen molar-refractivity contribution in [3.8, 4) is 11.5 Å². The van der Waals surface area contributed by atoms with Crippen LogP contribution in [0.1, 0.15) is 25.0 Å². The fourth-order valence-corrected chi connectivity index (χ4v) is 2.95. The van der Waals surface area contributed by atoms with Crippen molar-refractivity contribution in [2.24, 2.45) is 0 Å². The summed E-state index contributed by atoms with van der Waals surface area (Å²) in [5.41, 5.74) is -5.54. The summed E-state index contributed by atoms with van der Waals surface area (Å²) in [5, 5.41) is -0.647. The highest BCUT2D eigenvalue weighted by Crippen LogP contribution is 2.48. The molecule has 0 radical (unpaired) electrons. The molecule has 0 bridgehead atoms. The van der Waals surface area contributed by atoms with Crippen molar-refractivity contribution in [1.29, 1.82) is 0 Å². The molecule has 2 aromatic carbocycles. The lowest BCUT2D eigenvalue weighted by molar-refractivity contribution is -0.141. The van der Waals surface area contributed by atoms with E-state index in [1.54, 1.807) is 0 Å². The Hall–Kier alpha value is -3.76. The van der Waals surface area contributed by atoms with E-state index in [0.29, 0.717) is 0 Å². The number of benzene rings is 2. The van der Waals surface area contributed by atoms with E-state index in [4.69, 9.17) is 13.9 Å². The number of carbonyl (C=O) groups is 2. The Bertz CT molecular complexity index is 1230. The molecule has 0 aliphatic rings. The fraction of sp³-hybridized carbons (Fsp3) is 0.182. The minimum atomic E-state index is -5.16. The third-order valence-corrected chi connectivity index (χ3v) is 4.40. The Morgan fingerprint density at radius 2 is 1.06 bits per heavy atom. The van der Waals surface area contributed by atoms with Gasteiger partial charge in [-0.1, -0.05) is 13.2 Å². The van der Waals surface area contributed by atoms with E-state index < -0.39 is 58.1 Å². The number of fused-ring (bicyclic) bond motifs is 3. The van der Waals surface area contributed by atoms with Crippen LogP contribution in [0.2, 0.25) is 0 Å². The molecule has 3 aromatic rings. The standard InChI is InChI=1S/C22H14F6O5/c1-9(2)19(29)31-13-7-5-11-12-6-8-14(32-20(30)10(3)4)16(22(26,27)28)18(12)33-17(11)15(13)21(23,24)25/h5-8H,1,3H2,2,4H3. The first-order valence-corrected chi connectivity index (χ1v) is 9.05. The Labute approximate surface area is 181 Å². The highest BCUT2D eigenvalue weighted by Gasteiger charge is 2.42. The maximum atomic E-state index is 13.9. The van der Waals surface area contributed by atoms with Crippen molar-refractivity contribution in [1.82, 2.24) is 0 Å². The second kappa shape index (κ2) is 7.98. The second-order valence-corrected chi connectivity index (χ2v) is 7.07. The number of hydrogen-bond acceptors (Lipinski definition) is 5. The lowest BCUT2D eigenvalue weighted by atomic mass is 10.0. The first kappa shape index (κ1) is 23.9. The molecule has 0 amide bonds. The number of furan rings is 1. The van der Waals surface area contributed by atoms with Crippen LogP contribution in [0.3, 0.4) is 0 Å². The van der Waals surface area contributed by atoms with Crippen LogP contribution in [0.15, 0.2) is 53.0 Å². The van der Waals surface area contributed by atoms with Crippen molar-refractivity contribution in [3.63, 3.8) is 0 Å². The predicted octanol–water partition coefficient (Wildman–Crippen LogP) is 6.59. The van der Waals surface area contributed by atoms with Gasteiger partial charge < -0.3 is 13.9 Å². The van der Waals surface area contributed by atoms with Crippen molar-refractivity contribution < 1.29 is 49.8 Å². The first-order valence-electron chi connectivity index (χ1n) is 9.05. The molecule has 1 aromatic heterocycles. The Morgan fingerprint density at radius 1 is 0.727 bits per heavy atom. The van der Waals surface area contributed by atoms with E-state index in [1.807, 2.05) is 0 Å². The van der Waals surface area contributed by atoms with Crippen LogP contribution in [-0.4, -0.2) is 11.9 Å². The van der Waals surface area contributed by atoms with Crippen molar-refractivity contribution in [3.05, 3.63) is 59.7 Å². The zero-order chi connectivity index (χ0) is 24.9. The summed E-state index contributed by atoms with van der Waals surface area (Å²) in [5.74, 6) is -4.27. The lowest BCUT2D eigenvalue weighted by Crippen LogP contribution is -2.14. The number of carbonyl (C=O) groups excluding carboxylic acids is 2. The van der Waals surface area contributed by atoms with Gasteiger partial charge in [-0.15, -0.1) is 0 Å². The molecule has 0 N–H and O–H groups in total. The normalized spacial score (nSPS) is 12.1. The molecule has 1 heterocycles. The van der Waals surface area contributed by atoms with E-state index >= 15 is 0 Å². The molecule has 0 aliphatic carbocycles. The monoisotopic (exact) mass is 472 g/mol. The molecular formula is C22H14F6O5. The van der Waals surface area contributed by atoms with Crippen molar-refractivity contribution >= 4 is 33.9 Å². The Balaban J connectivity index is 2.39. The van der Waals surface area contributed by atoms with Crippen LogP contribution >= 0.6 is 0 Å². The van der Waals surface area contributed by atoms with Gasteiger partial charge in [-0.2, -0.15) is 26.3 Å². The van der Waals surface area contributed by atoms with Gasteiger partial charge >= 0.3 is 24.3 Å². The Morgan fingerprint density at radius 3 is 1.33 bits per heavy atom. The summed E-state index contributed by atoms with van der Waals surface area (Å²) in [6.07, 6.45) is -10.3. The SMILES string of the molecule is C=C(C)C(=O)Oc1ccc2c(oc3c(C(F)(F)F)c(OC(=O)C(=C)C)ccc32)c1C(F)(F)F. The van der Waals surface area contributed by atoms with Gasteiger partial charge in [0.15, 0.2) is 11.2 Å². The van der Waals surface area contributed by atoms with Gasteiger partial charge in [0.05, 0.1) is 0 Å². The maximum absolute atomic E-state index is 13.9. The van der Waals surface area contributed by atoms with Crippen LogP contribution in [0, 0.1) is 0 Å². The number of hydrogen-bond donors (Lipinski definition) is 0. The van der Waals surface area contributed by atoms with Gasteiger partial charge in [-0.05, 0) is 38.1 Å². The number of alkyl halides is 6. The van der Waals surface area contributed by atoms with Gasteiger partial charge in [0.1, 0.15) is 22.6 Å². The number of ether oxygens (including phenoxy) is 2. The molecule has 3 rings (SSSR count). The maximum Gasteiger partial charge on any atom is 0.423 e. The topological polar surface area (TPSA) is 65.7 Å². The minimum Gasteiger partial charge on any atom is -0.454 e. The Kier molecular flexibility index (Phi) is 5.78. The molecule has 0 atom stereocenters. The molecule has 0 aliphatic heterocycles. The first-order chi connectivity index (χ1) is 15.1. The molecule has 0 spiro atoms. The molecular weight excluding hydrogens is 458 g/mol. The highest BCUT2D eigenvalue weighted by atomic mass is 19.4. The number of rotatable bonds is 4. The molecule has 0 saturated carbocycles. The molecule has 33 heavy (non-hydrogen) atoms. The van der Waals surface area contributed by atoms with Crippen molar-refractivity contribution in [2.45, 2.75) is 26.2 Å². The van der Waals surface area contributed by atoms with Crippen LogP contribution in [-0.2, 0) is 21.9 Å². The van der Waals surface area contributed by atoms with Gasteiger partial charge in [-0.25, -0.2) is 9.59 Å². The van der Waals surface area contributed by atoms with Gasteiger partial charge in [0.2, 0.25) is 0 Å². The predicted molar refractivity (Wildman–Crippen MR) is 105 cm³/mol. The van der Waals surface area contributed by atoms with Crippen molar-refractivity contribution in [2.75, 3.05) is 0 Å². The summed E-state index contributed by atoms with van der Waals surface area (Å²) >= 11 is 0. The number of esters is 2. The van der Waals surface area contributed by atoms with E-state index in [9.17, 15) is 35.9 Å². The van der Waals surface area contributed by atoms with E-state index in [1.165, 1.54) is 13.8 Å². The molecule has 11 heteroatoms.